The normalized spacial score (nSPS) is 10.9. The van der Waals surface area contributed by atoms with Gasteiger partial charge >= 0.3 is 0 Å². The van der Waals surface area contributed by atoms with E-state index >= 15 is 0 Å². The molecule has 1 aromatic heterocycles. The van der Waals surface area contributed by atoms with E-state index in [1.807, 2.05) is 48.5 Å². The summed E-state index contributed by atoms with van der Waals surface area (Å²) in [6, 6.07) is 20.4. The van der Waals surface area contributed by atoms with Gasteiger partial charge in [0.1, 0.15) is 11.1 Å². The summed E-state index contributed by atoms with van der Waals surface area (Å²) in [6.07, 6.45) is 0.641. The first-order valence-electron chi connectivity index (χ1n) is 10.6. The van der Waals surface area contributed by atoms with Crippen LogP contribution in [0.15, 0.2) is 75.9 Å². The van der Waals surface area contributed by atoms with Crippen LogP contribution in [-0.4, -0.2) is 30.5 Å². The number of hydrogen-bond donors (Lipinski definition) is 3. The fourth-order valence-corrected chi connectivity index (χ4v) is 3.58. The maximum absolute atomic E-state index is 12.7. The standard InChI is InChI=1S/C26H25NO6/c1-31-26-24-21(19(28)15-20(33-24)18-11-6-3-7-12-18)22(29)23(30)25(26)32-14-8-13-27-16-17-9-4-2-5-10-17/h2-7,9-12,15,27,29-30H,8,13-14,16H2,1H3. The zero-order chi connectivity index (χ0) is 23.2. The van der Waals surface area contributed by atoms with Crippen molar-refractivity contribution < 1.29 is 24.1 Å². The number of phenols is 2. The smallest absolute Gasteiger partial charge is 0.211 e. The van der Waals surface area contributed by atoms with Crippen molar-refractivity contribution in [3.05, 3.63) is 82.5 Å². The van der Waals surface area contributed by atoms with Crippen molar-refractivity contribution in [3.8, 4) is 34.3 Å². The number of methoxy groups -OCH3 is 1. The van der Waals surface area contributed by atoms with Gasteiger partial charge in [-0.3, -0.25) is 4.79 Å². The lowest BCUT2D eigenvalue weighted by molar-refractivity contribution is 0.268. The summed E-state index contributed by atoms with van der Waals surface area (Å²) < 4.78 is 17.1. The molecule has 1 heterocycles. The maximum atomic E-state index is 12.7. The molecular weight excluding hydrogens is 422 g/mol. The van der Waals surface area contributed by atoms with Crippen LogP contribution in [0.1, 0.15) is 12.0 Å². The van der Waals surface area contributed by atoms with Gasteiger partial charge in [0.05, 0.1) is 13.7 Å². The molecule has 4 rings (SSSR count). The minimum absolute atomic E-state index is 0.0105. The number of rotatable bonds is 9. The second-order valence-corrected chi connectivity index (χ2v) is 7.47. The fraction of sp³-hybridized carbons (Fsp3) is 0.192. The van der Waals surface area contributed by atoms with Crippen LogP contribution in [0.3, 0.4) is 0 Å². The van der Waals surface area contributed by atoms with Crippen molar-refractivity contribution in [1.82, 2.24) is 5.32 Å². The Labute approximate surface area is 190 Å². The summed E-state index contributed by atoms with van der Waals surface area (Å²) >= 11 is 0. The Morgan fingerprint density at radius 2 is 1.64 bits per heavy atom. The number of phenolic OH excluding ortho intramolecular Hbond substituents is 2. The van der Waals surface area contributed by atoms with Crippen LogP contribution in [0.5, 0.6) is 23.0 Å². The molecule has 0 aliphatic rings. The van der Waals surface area contributed by atoms with Gasteiger partial charge in [-0.25, -0.2) is 0 Å². The van der Waals surface area contributed by atoms with Gasteiger partial charge in [0.25, 0.3) is 0 Å². The Morgan fingerprint density at radius 3 is 2.33 bits per heavy atom. The highest BCUT2D eigenvalue weighted by Gasteiger charge is 2.25. The van der Waals surface area contributed by atoms with E-state index in [0.29, 0.717) is 24.3 Å². The SMILES string of the molecule is COc1c(OCCCNCc2ccccc2)c(O)c(O)c2c(=O)cc(-c3ccccc3)oc12. The van der Waals surface area contributed by atoms with E-state index in [1.165, 1.54) is 18.7 Å². The van der Waals surface area contributed by atoms with E-state index in [9.17, 15) is 15.0 Å². The molecule has 0 saturated heterocycles. The minimum atomic E-state index is -0.601. The first kappa shape index (κ1) is 22.2. The average Bonchev–Trinajstić information content (AvgIpc) is 2.85. The molecule has 0 bridgehead atoms. The molecule has 0 saturated carbocycles. The van der Waals surface area contributed by atoms with Gasteiger partial charge in [-0.2, -0.15) is 0 Å². The fourth-order valence-electron chi connectivity index (χ4n) is 3.58. The quantitative estimate of drug-likeness (QED) is 0.258. The van der Waals surface area contributed by atoms with Gasteiger partial charge in [-0.1, -0.05) is 60.7 Å². The maximum Gasteiger partial charge on any atom is 0.211 e. The van der Waals surface area contributed by atoms with Crippen LogP contribution < -0.4 is 20.2 Å². The van der Waals surface area contributed by atoms with Crippen LogP contribution in [0.25, 0.3) is 22.3 Å². The lowest BCUT2D eigenvalue weighted by Gasteiger charge is -2.16. The average molecular weight is 447 g/mol. The third-order valence-electron chi connectivity index (χ3n) is 5.21. The Morgan fingerprint density at radius 1 is 0.939 bits per heavy atom. The Balaban J connectivity index is 1.56. The number of benzene rings is 3. The first-order chi connectivity index (χ1) is 16.1. The first-order valence-corrected chi connectivity index (χ1v) is 10.6. The minimum Gasteiger partial charge on any atom is -0.504 e. The molecule has 0 atom stereocenters. The van der Waals surface area contributed by atoms with Crippen LogP contribution in [0.4, 0.5) is 0 Å². The number of ether oxygens (including phenoxy) is 2. The van der Waals surface area contributed by atoms with Crippen molar-refractivity contribution in [1.29, 1.82) is 0 Å². The van der Waals surface area contributed by atoms with Gasteiger partial charge in [0.2, 0.25) is 17.2 Å². The molecule has 0 aliphatic carbocycles. The Hall–Kier alpha value is -3.97. The Kier molecular flexibility index (Phi) is 6.80. The third-order valence-corrected chi connectivity index (χ3v) is 5.21. The van der Waals surface area contributed by atoms with Gasteiger partial charge in [0, 0.05) is 18.2 Å². The molecule has 7 heteroatoms. The second-order valence-electron chi connectivity index (χ2n) is 7.47. The monoisotopic (exact) mass is 447 g/mol. The molecule has 7 nitrogen and oxygen atoms in total. The van der Waals surface area contributed by atoms with E-state index in [-0.39, 0.29) is 29.1 Å². The summed E-state index contributed by atoms with van der Waals surface area (Å²) in [4.78, 5) is 12.7. The van der Waals surface area contributed by atoms with Crippen LogP contribution in [-0.2, 0) is 6.54 Å². The van der Waals surface area contributed by atoms with Crippen molar-refractivity contribution in [2.45, 2.75) is 13.0 Å². The lowest BCUT2D eigenvalue weighted by Crippen LogP contribution is -2.17. The van der Waals surface area contributed by atoms with Gasteiger partial charge in [-0.05, 0) is 18.5 Å². The van der Waals surface area contributed by atoms with Crippen molar-refractivity contribution in [2.75, 3.05) is 20.3 Å². The van der Waals surface area contributed by atoms with Crippen molar-refractivity contribution in [2.24, 2.45) is 0 Å². The topological polar surface area (TPSA) is 101 Å². The molecule has 0 amide bonds. The highest BCUT2D eigenvalue weighted by molar-refractivity contribution is 5.95. The molecular formula is C26H25NO6. The van der Waals surface area contributed by atoms with Gasteiger partial charge < -0.3 is 29.4 Å². The molecule has 0 aliphatic heterocycles. The van der Waals surface area contributed by atoms with Crippen molar-refractivity contribution >= 4 is 11.0 Å². The molecule has 0 spiro atoms. The zero-order valence-corrected chi connectivity index (χ0v) is 18.2. The van der Waals surface area contributed by atoms with Crippen LogP contribution in [0, 0.1) is 0 Å². The van der Waals surface area contributed by atoms with E-state index in [4.69, 9.17) is 13.9 Å². The lowest BCUT2D eigenvalue weighted by atomic mass is 10.1. The summed E-state index contributed by atoms with van der Waals surface area (Å²) in [5.74, 6) is -0.869. The summed E-state index contributed by atoms with van der Waals surface area (Å²) in [7, 11) is 1.38. The molecule has 33 heavy (non-hydrogen) atoms. The number of fused-ring (bicyclic) bond motifs is 1. The zero-order valence-electron chi connectivity index (χ0n) is 18.2. The molecule has 170 valence electrons. The van der Waals surface area contributed by atoms with E-state index in [2.05, 4.69) is 5.32 Å². The van der Waals surface area contributed by atoms with Crippen LogP contribution in [0.2, 0.25) is 0 Å². The molecule has 3 N–H and O–H groups in total. The Bertz CT molecular complexity index is 1290. The van der Waals surface area contributed by atoms with E-state index < -0.39 is 16.9 Å². The predicted molar refractivity (Wildman–Crippen MR) is 126 cm³/mol. The third kappa shape index (κ3) is 4.78. The number of nitrogens with one attached hydrogen (secondary N) is 1. The number of aromatic hydroxyl groups is 2. The molecule has 0 radical (unpaired) electrons. The summed E-state index contributed by atoms with van der Waals surface area (Å²) in [6.45, 7) is 1.67. The largest absolute Gasteiger partial charge is 0.504 e. The summed E-state index contributed by atoms with van der Waals surface area (Å²) in [5.41, 5.74) is 1.38. The van der Waals surface area contributed by atoms with Crippen LogP contribution >= 0.6 is 0 Å². The molecule has 3 aromatic carbocycles. The van der Waals surface area contributed by atoms with Gasteiger partial charge in [-0.15, -0.1) is 0 Å². The highest BCUT2D eigenvalue weighted by Crippen LogP contribution is 2.49. The molecule has 0 unspecified atom stereocenters. The predicted octanol–water partition coefficient (Wildman–Crippen LogP) is 4.44. The van der Waals surface area contributed by atoms with E-state index in [0.717, 1.165) is 6.54 Å². The van der Waals surface area contributed by atoms with Crippen molar-refractivity contribution in [3.63, 3.8) is 0 Å². The molecule has 0 fully saturated rings. The molecule has 4 aromatic rings. The summed E-state index contributed by atoms with van der Waals surface area (Å²) in [5, 5.41) is 24.2. The van der Waals surface area contributed by atoms with Gasteiger partial charge in [0.15, 0.2) is 16.8 Å². The number of hydrogen-bond acceptors (Lipinski definition) is 7. The van der Waals surface area contributed by atoms with E-state index in [1.54, 1.807) is 12.1 Å². The second kappa shape index (κ2) is 10.1. The highest BCUT2D eigenvalue weighted by atomic mass is 16.5.